The minimum absolute atomic E-state index is 0.0527. The molecule has 0 heterocycles. The van der Waals surface area contributed by atoms with Gasteiger partial charge in [-0.2, -0.15) is 5.10 Å². The fourth-order valence-corrected chi connectivity index (χ4v) is 6.21. The molecule has 0 radical (unpaired) electrons. The molecule has 0 atom stereocenters. The van der Waals surface area contributed by atoms with E-state index in [0.29, 0.717) is 17.0 Å². The van der Waals surface area contributed by atoms with Gasteiger partial charge in [-0.05, 0) is 91.9 Å². The molecule has 0 unspecified atom stereocenters. The van der Waals surface area contributed by atoms with Crippen molar-refractivity contribution in [2.24, 2.45) is 5.10 Å². The van der Waals surface area contributed by atoms with Crippen LogP contribution in [-0.4, -0.2) is 45.6 Å². The van der Waals surface area contributed by atoms with E-state index in [-0.39, 0.29) is 23.5 Å². The van der Waals surface area contributed by atoms with E-state index < -0.39 is 22.5 Å². The van der Waals surface area contributed by atoms with Crippen LogP contribution in [0.1, 0.15) is 48.8 Å². The van der Waals surface area contributed by atoms with Crippen molar-refractivity contribution in [1.29, 1.82) is 0 Å². The summed E-state index contributed by atoms with van der Waals surface area (Å²) in [6.07, 6.45) is 7.00. The van der Waals surface area contributed by atoms with Gasteiger partial charge in [-0.3, -0.25) is 13.9 Å². The van der Waals surface area contributed by atoms with Crippen LogP contribution >= 0.6 is 0 Å². The van der Waals surface area contributed by atoms with Gasteiger partial charge >= 0.3 is 0 Å². The molecule has 1 fully saturated rings. The number of hydrogen-bond donors (Lipinski definition) is 2. The summed E-state index contributed by atoms with van der Waals surface area (Å²) in [6.45, 7) is 3.24. The minimum Gasteiger partial charge on any atom is -0.484 e. The molecule has 2 amide bonds. The number of carbonyl (C=O) groups is 2. The number of carbonyl (C=O) groups excluding carboxylic acids is 2. The van der Waals surface area contributed by atoms with Gasteiger partial charge in [0.1, 0.15) is 12.3 Å². The lowest BCUT2D eigenvalue weighted by Gasteiger charge is -2.24. The number of nitrogens with zero attached hydrogens (tertiary/aromatic N) is 2. The molecule has 10 heteroatoms. The maximum absolute atomic E-state index is 13.5. The summed E-state index contributed by atoms with van der Waals surface area (Å²) in [5.41, 5.74) is 5.26. The molecule has 1 saturated carbocycles. The average Bonchev–Trinajstić information content (AvgIpc) is 2.96. The number of ether oxygens (including phenoxy) is 1. The molecule has 0 saturated heterocycles. The van der Waals surface area contributed by atoms with Crippen LogP contribution < -0.4 is 19.8 Å². The summed E-state index contributed by atoms with van der Waals surface area (Å²) in [4.78, 5) is 25.1. The number of aryl methyl sites for hydroxylation is 2. The Morgan fingerprint density at radius 3 is 2.24 bits per heavy atom. The summed E-state index contributed by atoms with van der Waals surface area (Å²) >= 11 is 0. The van der Waals surface area contributed by atoms with Gasteiger partial charge in [-0.15, -0.1) is 0 Å². The van der Waals surface area contributed by atoms with Gasteiger partial charge in [0.2, 0.25) is 0 Å². The molecule has 1 aliphatic carbocycles. The van der Waals surface area contributed by atoms with E-state index in [4.69, 9.17) is 4.74 Å². The van der Waals surface area contributed by atoms with E-state index >= 15 is 0 Å². The van der Waals surface area contributed by atoms with Crippen LogP contribution in [0, 0.1) is 13.8 Å². The van der Waals surface area contributed by atoms with Gasteiger partial charge in [0, 0.05) is 6.04 Å². The lowest BCUT2D eigenvalue weighted by Crippen LogP contribution is -2.39. The molecule has 2 N–H and O–H groups in total. The summed E-state index contributed by atoms with van der Waals surface area (Å²) in [7, 11) is -4.01. The van der Waals surface area contributed by atoms with Crippen molar-refractivity contribution in [1.82, 2.24) is 10.7 Å². The quantitative estimate of drug-likeness (QED) is 0.258. The summed E-state index contributed by atoms with van der Waals surface area (Å²) in [6, 6.07) is 20.5. The number of benzene rings is 3. The second kappa shape index (κ2) is 13.9. The first-order valence-electron chi connectivity index (χ1n) is 13.7. The van der Waals surface area contributed by atoms with Gasteiger partial charge in [0.15, 0.2) is 6.61 Å². The van der Waals surface area contributed by atoms with Crippen molar-refractivity contribution in [2.75, 3.05) is 17.5 Å². The van der Waals surface area contributed by atoms with Gasteiger partial charge in [0.25, 0.3) is 21.8 Å². The fraction of sp³-hybridized carbons (Fsp3) is 0.323. The van der Waals surface area contributed by atoms with Gasteiger partial charge in [-0.1, -0.05) is 43.5 Å². The smallest absolute Gasteiger partial charge is 0.264 e. The monoisotopic (exact) mass is 576 g/mol. The molecule has 0 aromatic heterocycles. The molecule has 0 bridgehead atoms. The Labute approximate surface area is 241 Å². The Balaban J connectivity index is 1.35. The zero-order chi connectivity index (χ0) is 29.2. The number of sulfonamides is 1. The maximum atomic E-state index is 13.5. The molecule has 9 nitrogen and oxygen atoms in total. The zero-order valence-electron chi connectivity index (χ0n) is 23.4. The first-order chi connectivity index (χ1) is 19.7. The number of hydrazone groups is 1. The molecule has 1 aliphatic rings. The number of rotatable bonds is 11. The normalized spacial score (nSPS) is 14.0. The second-order valence-corrected chi connectivity index (χ2v) is 12.1. The third-order valence-electron chi connectivity index (χ3n) is 6.74. The highest BCUT2D eigenvalue weighted by Gasteiger charge is 2.27. The second-order valence-electron chi connectivity index (χ2n) is 10.2. The third kappa shape index (κ3) is 8.65. The zero-order valence-corrected chi connectivity index (χ0v) is 24.2. The third-order valence-corrected chi connectivity index (χ3v) is 8.52. The fourth-order valence-electron chi connectivity index (χ4n) is 4.79. The number of hydrogen-bond acceptors (Lipinski definition) is 6. The van der Waals surface area contributed by atoms with E-state index in [0.717, 1.165) is 41.1 Å². The van der Waals surface area contributed by atoms with Crippen LogP contribution in [0.25, 0.3) is 0 Å². The highest BCUT2D eigenvalue weighted by atomic mass is 32.2. The summed E-state index contributed by atoms with van der Waals surface area (Å²) in [5, 5.41) is 7.02. The van der Waals surface area contributed by atoms with Crippen molar-refractivity contribution < 1.29 is 22.7 Å². The number of anilines is 1. The van der Waals surface area contributed by atoms with Crippen LogP contribution in [0.5, 0.6) is 5.75 Å². The predicted octanol–water partition coefficient (Wildman–Crippen LogP) is 4.48. The molecular formula is C31H36N4O5S. The van der Waals surface area contributed by atoms with Crippen molar-refractivity contribution >= 4 is 33.7 Å². The number of amides is 2. The molecule has 0 aliphatic heterocycles. The van der Waals surface area contributed by atoms with Gasteiger partial charge in [0.05, 0.1) is 16.8 Å². The average molecular weight is 577 g/mol. The van der Waals surface area contributed by atoms with Crippen molar-refractivity contribution in [3.63, 3.8) is 0 Å². The Morgan fingerprint density at radius 2 is 1.59 bits per heavy atom. The molecule has 0 spiro atoms. The predicted molar refractivity (Wildman–Crippen MR) is 160 cm³/mol. The van der Waals surface area contributed by atoms with E-state index in [9.17, 15) is 18.0 Å². The molecule has 3 aromatic rings. The van der Waals surface area contributed by atoms with E-state index in [1.54, 1.807) is 54.6 Å². The van der Waals surface area contributed by atoms with Crippen LogP contribution in [0.2, 0.25) is 0 Å². The summed E-state index contributed by atoms with van der Waals surface area (Å²) < 4.78 is 33.6. The lowest BCUT2D eigenvalue weighted by molar-refractivity contribution is -0.124. The SMILES string of the molecule is Cc1cc(C)cc(N(CC(=O)N/N=C\c2ccc(OCC(=O)NC3CCCCC3)cc2)S(=O)(=O)c2ccccc2)c1. The van der Waals surface area contributed by atoms with Crippen LogP contribution in [0.3, 0.4) is 0 Å². The minimum atomic E-state index is -4.01. The van der Waals surface area contributed by atoms with Gasteiger partial charge in [-0.25, -0.2) is 13.8 Å². The molecule has 3 aromatic carbocycles. The van der Waals surface area contributed by atoms with Crippen molar-refractivity contribution in [3.05, 3.63) is 89.5 Å². The standard InChI is InChI=1S/C31H36N4O5S/c1-23-17-24(2)19-27(18-23)35(41(38,39)29-11-7-4-8-12-29)21-30(36)34-32-20-25-13-15-28(16-14-25)40-22-31(37)33-26-9-5-3-6-10-26/h4,7-8,11-20,26H,3,5-6,9-10,21-22H2,1-2H3,(H,33,37)(H,34,36)/b32-20-. The van der Waals surface area contributed by atoms with E-state index in [1.807, 2.05) is 19.9 Å². The Hall–Kier alpha value is -4.18. The molecule has 4 rings (SSSR count). The highest BCUT2D eigenvalue weighted by Crippen LogP contribution is 2.26. The maximum Gasteiger partial charge on any atom is 0.264 e. The van der Waals surface area contributed by atoms with Crippen molar-refractivity contribution in [2.45, 2.75) is 56.9 Å². The van der Waals surface area contributed by atoms with Gasteiger partial charge < -0.3 is 10.1 Å². The first kappa shape index (κ1) is 29.8. The van der Waals surface area contributed by atoms with Crippen LogP contribution in [-0.2, 0) is 19.6 Å². The largest absolute Gasteiger partial charge is 0.484 e. The first-order valence-corrected chi connectivity index (χ1v) is 15.1. The topological polar surface area (TPSA) is 117 Å². The summed E-state index contributed by atoms with van der Waals surface area (Å²) in [5.74, 6) is -0.182. The Bertz CT molecular complexity index is 1450. The van der Waals surface area contributed by atoms with Crippen molar-refractivity contribution in [3.8, 4) is 5.75 Å². The Kier molecular flexibility index (Phi) is 10.1. The molecular weight excluding hydrogens is 540 g/mol. The molecule has 41 heavy (non-hydrogen) atoms. The van der Waals surface area contributed by atoms with E-state index in [2.05, 4.69) is 15.8 Å². The lowest BCUT2D eigenvalue weighted by atomic mass is 9.95. The number of nitrogens with one attached hydrogen (secondary N) is 2. The highest BCUT2D eigenvalue weighted by molar-refractivity contribution is 7.92. The molecule has 216 valence electrons. The Morgan fingerprint density at radius 1 is 0.927 bits per heavy atom. The van der Waals surface area contributed by atoms with E-state index in [1.165, 1.54) is 24.8 Å². The van der Waals surface area contributed by atoms with Crippen LogP contribution in [0.4, 0.5) is 5.69 Å². The van der Waals surface area contributed by atoms with Crippen LogP contribution in [0.15, 0.2) is 82.8 Å².